The van der Waals surface area contributed by atoms with Crippen LogP contribution in [0.15, 0.2) is 0 Å². The molecular formula is C8H14O2S2. The zero-order chi connectivity index (χ0) is 9.56. The molecule has 0 spiro atoms. The molecule has 0 saturated heterocycles. The first kappa shape index (κ1) is 11.9. The van der Waals surface area contributed by atoms with E-state index in [0.29, 0.717) is 5.92 Å². The van der Waals surface area contributed by atoms with Crippen LogP contribution in [-0.2, 0) is 4.79 Å². The summed E-state index contributed by atoms with van der Waals surface area (Å²) in [4.78, 5) is 10.2. The highest BCUT2D eigenvalue weighted by atomic mass is 32.2. The van der Waals surface area contributed by atoms with E-state index in [4.69, 9.17) is 17.3 Å². The lowest BCUT2D eigenvalue weighted by molar-refractivity contribution is -0.133. The second-order valence-electron chi connectivity index (χ2n) is 2.99. The van der Waals surface area contributed by atoms with Crippen molar-refractivity contribution in [3.05, 3.63) is 0 Å². The Balaban J connectivity index is 3.40. The predicted octanol–water partition coefficient (Wildman–Crippen LogP) is 2.57. The molecule has 0 aliphatic heterocycles. The summed E-state index contributed by atoms with van der Waals surface area (Å²) in [6.07, 6.45) is 1.90. The van der Waals surface area contributed by atoms with Crippen LogP contribution in [0, 0.1) is 5.92 Å². The molecule has 4 heteroatoms. The normalized spacial score (nSPS) is 10.2. The van der Waals surface area contributed by atoms with Crippen molar-refractivity contribution in [1.29, 1.82) is 0 Å². The monoisotopic (exact) mass is 206 g/mol. The van der Waals surface area contributed by atoms with Gasteiger partial charge in [0.1, 0.15) is 0 Å². The van der Waals surface area contributed by atoms with Crippen LogP contribution in [0.3, 0.4) is 0 Å². The smallest absolute Gasteiger partial charge is 0.313 e. The van der Waals surface area contributed by atoms with Gasteiger partial charge in [-0.15, -0.1) is 11.8 Å². The number of carboxylic acids is 1. The molecule has 12 heavy (non-hydrogen) atoms. The van der Waals surface area contributed by atoms with Gasteiger partial charge in [-0.05, 0) is 18.8 Å². The van der Waals surface area contributed by atoms with Crippen LogP contribution in [0.1, 0.15) is 26.7 Å². The van der Waals surface area contributed by atoms with E-state index in [1.807, 2.05) is 0 Å². The summed E-state index contributed by atoms with van der Waals surface area (Å²) in [6.45, 7) is 4.26. The fourth-order valence-corrected chi connectivity index (χ4v) is 1.46. The van der Waals surface area contributed by atoms with Crippen LogP contribution in [0.4, 0.5) is 0 Å². The number of aliphatic carboxylic acids is 1. The highest BCUT2D eigenvalue weighted by Crippen LogP contribution is 2.13. The molecule has 0 unspecified atom stereocenters. The summed E-state index contributed by atoms with van der Waals surface area (Å²) in [6, 6.07) is 0. The van der Waals surface area contributed by atoms with Crippen LogP contribution >= 0.6 is 24.0 Å². The van der Waals surface area contributed by atoms with E-state index in [1.165, 1.54) is 11.8 Å². The number of hydrogen-bond donors (Lipinski definition) is 1. The minimum Gasteiger partial charge on any atom is -0.481 e. The van der Waals surface area contributed by atoms with Gasteiger partial charge in [-0.3, -0.25) is 4.79 Å². The van der Waals surface area contributed by atoms with Crippen molar-refractivity contribution in [2.45, 2.75) is 26.7 Å². The molecule has 2 nitrogen and oxygen atoms in total. The van der Waals surface area contributed by atoms with E-state index in [9.17, 15) is 4.79 Å². The third-order valence-corrected chi connectivity index (χ3v) is 2.76. The van der Waals surface area contributed by atoms with Gasteiger partial charge in [0.15, 0.2) is 0 Å². The first-order valence-corrected chi connectivity index (χ1v) is 5.29. The molecular weight excluding hydrogens is 192 g/mol. The fraction of sp³-hybridized carbons (Fsp3) is 0.750. The molecule has 0 heterocycles. The van der Waals surface area contributed by atoms with Gasteiger partial charge < -0.3 is 5.11 Å². The summed E-state index contributed by atoms with van der Waals surface area (Å²) in [5, 5.41) is 8.36. The molecule has 1 N–H and O–H groups in total. The van der Waals surface area contributed by atoms with Gasteiger partial charge in [0, 0.05) is 4.20 Å². The molecule has 0 radical (unpaired) electrons. The Hall–Kier alpha value is -0.0900. The van der Waals surface area contributed by atoms with Crippen LogP contribution in [0.25, 0.3) is 0 Å². The van der Waals surface area contributed by atoms with Crippen LogP contribution in [-0.4, -0.2) is 21.0 Å². The number of hydrogen-bond acceptors (Lipinski definition) is 3. The van der Waals surface area contributed by atoms with E-state index in [0.717, 1.165) is 17.0 Å². The molecule has 0 aromatic heterocycles. The van der Waals surface area contributed by atoms with Gasteiger partial charge in [0.05, 0.1) is 5.75 Å². The molecule has 0 fully saturated rings. The maximum absolute atomic E-state index is 10.2. The van der Waals surface area contributed by atoms with Crippen molar-refractivity contribution >= 4 is 34.1 Å². The predicted molar refractivity (Wildman–Crippen MR) is 56.8 cm³/mol. The van der Waals surface area contributed by atoms with Crippen molar-refractivity contribution in [3.8, 4) is 0 Å². The van der Waals surface area contributed by atoms with Crippen molar-refractivity contribution < 1.29 is 9.90 Å². The molecule has 0 aromatic rings. The molecule has 0 aromatic carbocycles. The van der Waals surface area contributed by atoms with Gasteiger partial charge in [-0.1, -0.05) is 26.1 Å². The molecule has 70 valence electrons. The minimum atomic E-state index is -0.799. The maximum atomic E-state index is 10.2. The van der Waals surface area contributed by atoms with Gasteiger partial charge in [0.2, 0.25) is 0 Å². The van der Waals surface area contributed by atoms with Crippen LogP contribution in [0.2, 0.25) is 0 Å². The zero-order valence-electron chi connectivity index (χ0n) is 7.37. The molecule has 0 bridgehead atoms. The average Bonchev–Trinajstić information content (AvgIpc) is 1.96. The third-order valence-electron chi connectivity index (χ3n) is 1.28. The van der Waals surface area contributed by atoms with Gasteiger partial charge >= 0.3 is 5.97 Å². The van der Waals surface area contributed by atoms with Crippen LogP contribution < -0.4 is 0 Å². The largest absolute Gasteiger partial charge is 0.481 e. The third kappa shape index (κ3) is 8.01. The lowest BCUT2D eigenvalue weighted by Gasteiger charge is -2.03. The Labute approximate surface area is 82.7 Å². The number of carboxylic acid groups (broad SMARTS) is 1. The molecule has 0 saturated carbocycles. The topological polar surface area (TPSA) is 37.3 Å². The van der Waals surface area contributed by atoms with Gasteiger partial charge in [0.25, 0.3) is 0 Å². The lowest BCUT2D eigenvalue weighted by atomic mass is 10.1. The van der Waals surface area contributed by atoms with E-state index in [-0.39, 0.29) is 5.75 Å². The fourth-order valence-electron chi connectivity index (χ4n) is 0.621. The van der Waals surface area contributed by atoms with Crippen molar-refractivity contribution in [3.63, 3.8) is 0 Å². The van der Waals surface area contributed by atoms with Gasteiger partial charge in [-0.25, -0.2) is 0 Å². The van der Waals surface area contributed by atoms with Crippen LogP contribution in [0.5, 0.6) is 0 Å². The molecule has 0 rings (SSSR count). The number of carbonyl (C=O) groups is 1. The Morgan fingerprint density at radius 1 is 1.58 bits per heavy atom. The van der Waals surface area contributed by atoms with E-state index in [2.05, 4.69) is 13.8 Å². The van der Waals surface area contributed by atoms with Crippen molar-refractivity contribution in [2.24, 2.45) is 5.92 Å². The van der Waals surface area contributed by atoms with Crippen molar-refractivity contribution in [1.82, 2.24) is 0 Å². The number of thioether (sulfide) groups is 1. The second kappa shape index (κ2) is 6.43. The molecule has 0 atom stereocenters. The first-order valence-electron chi connectivity index (χ1n) is 3.89. The van der Waals surface area contributed by atoms with Gasteiger partial charge in [-0.2, -0.15) is 0 Å². The quantitative estimate of drug-likeness (QED) is 0.701. The number of rotatable bonds is 5. The lowest BCUT2D eigenvalue weighted by Crippen LogP contribution is -2.02. The molecule has 0 amide bonds. The summed E-state index contributed by atoms with van der Waals surface area (Å²) in [5.41, 5.74) is 0. The highest BCUT2D eigenvalue weighted by molar-refractivity contribution is 8.23. The summed E-state index contributed by atoms with van der Waals surface area (Å²) >= 11 is 6.25. The number of thiocarbonyl (C=S) groups is 1. The van der Waals surface area contributed by atoms with E-state index >= 15 is 0 Å². The Bertz CT molecular complexity index is 166. The Morgan fingerprint density at radius 2 is 2.17 bits per heavy atom. The second-order valence-corrected chi connectivity index (χ2v) is 4.81. The summed E-state index contributed by atoms with van der Waals surface area (Å²) < 4.78 is 0.811. The maximum Gasteiger partial charge on any atom is 0.313 e. The highest BCUT2D eigenvalue weighted by Gasteiger charge is 2.03. The average molecular weight is 206 g/mol. The van der Waals surface area contributed by atoms with E-state index < -0.39 is 5.97 Å². The summed E-state index contributed by atoms with van der Waals surface area (Å²) in [7, 11) is 0. The molecule has 0 aliphatic carbocycles. The Morgan fingerprint density at radius 3 is 2.58 bits per heavy atom. The standard InChI is InChI=1S/C8H14O2S2/c1-6(2)3-4-8(11)12-5-7(9)10/h6H,3-5H2,1-2H3,(H,9,10). The minimum absolute atomic E-state index is 0.0942. The first-order chi connectivity index (χ1) is 5.52. The SMILES string of the molecule is CC(C)CCC(=S)SCC(=O)O. The summed E-state index contributed by atoms with van der Waals surface area (Å²) in [5.74, 6) is -0.0722. The zero-order valence-corrected chi connectivity index (χ0v) is 9.00. The van der Waals surface area contributed by atoms with Crippen molar-refractivity contribution in [2.75, 3.05) is 5.75 Å². The Kier molecular flexibility index (Phi) is 6.38. The van der Waals surface area contributed by atoms with E-state index in [1.54, 1.807) is 0 Å². The molecule has 0 aliphatic rings.